The van der Waals surface area contributed by atoms with E-state index in [4.69, 9.17) is 5.11 Å². The van der Waals surface area contributed by atoms with Crippen LogP contribution in [-0.4, -0.2) is 28.8 Å². The zero-order chi connectivity index (χ0) is 11.1. The summed E-state index contributed by atoms with van der Waals surface area (Å²) in [5, 5.41) is 10.6. The normalized spacial score (nSPS) is 11.9. The molecule has 80 valence electrons. The summed E-state index contributed by atoms with van der Waals surface area (Å²) >= 11 is 0. The van der Waals surface area contributed by atoms with Crippen LogP contribution in [0.3, 0.4) is 0 Å². The lowest BCUT2D eigenvalue weighted by atomic mass is 10.2. The van der Waals surface area contributed by atoms with Crippen molar-refractivity contribution in [2.45, 2.75) is 39.2 Å². The predicted octanol–water partition coefficient (Wildman–Crippen LogP) is 0.335. The highest BCUT2D eigenvalue weighted by molar-refractivity contribution is 6.36. The molecule has 0 fully saturated rings. The van der Waals surface area contributed by atoms with E-state index >= 15 is 0 Å². The number of carboxylic acid groups (broad SMARTS) is 1. The lowest BCUT2D eigenvalue weighted by Crippen LogP contribution is -2.41. The maximum atomic E-state index is 11.1. The van der Waals surface area contributed by atoms with Crippen LogP contribution in [0.2, 0.25) is 0 Å². The molecule has 0 bridgehead atoms. The van der Waals surface area contributed by atoms with Crippen molar-refractivity contribution in [2.75, 3.05) is 0 Å². The number of hydrogen-bond acceptors (Lipinski definition) is 3. The Kier molecular flexibility index (Phi) is 5.52. The highest BCUT2D eigenvalue weighted by Crippen LogP contribution is 1.95. The van der Waals surface area contributed by atoms with Crippen molar-refractivity contribution in [1.29, 1.82) is 0 Å². The van der Waals surface area contributed by atoms with Crippen molar-refractivity contribution < 1.29 is 19.5 Å². The van der Waals surface area contributed by atoms with Gasteiger partial charge in [0, 0.05) is 6.42 Å². The topological polar surface area (TPSA) is 83.5 Å². The van der Waals surface area contributed by atoms with Gasteiger partial charge in [-0.05, 0) is 13.3 Å². The van der Waals surface area contributed by atoms with Gasteiger partial charge in [-0.3, -0.25) is 14.4 Å². The third kappa shape index (κ3) is 4.59. The first kappa shape index (κ1) is 12.6. The molecule has 2 N–H and O–H groups in total. The van der Waals surface area contributed by atoms with Crippen LogP contribution in [0.1, 0.15) is 33.1 Å². The Balaban J connectivity index is 3.95. The molecule has 0 saturated heterocycles. The summed E-state index contributed by atoms with van der Waals surface area (Å²) in [6.45, 7) is 3.22. The van der Waals surface area contributed by atoms with Crippen molar-refractivity contribution >= 4 is 17.7 Å². The van der Waals surface area contributed by atoms with Crippen LogP contribution in [0.4, 0.5) is 0 Å². The van der Waals surface area contributed by atoms with Gasteiger partial charge in [-0.2, -0.15) is 0 Å². The summed E-state index contributed by atoms with van der Waals surface area (Å²) in [7, 11) is 0. The van der Waals surface area contributed by atoms with Gasteiger partial charge >= 0.3 is 5.97 Å². The van der Waals surface area contributed by atoms with E-state index in [1.54, 1.807) is 0 Å². The number of amides is 1. The SMILES string of the molecule is CCCCC(=O)C(=O)N[C@@H](C)C(=O)O. The highest BCUT2D eigenvalue weighted by Gasteiger charge is 2.18. The molecule has 1 atom stereocenters. The van der Waals surface area contributed by atoms with Gasteiger partial charge in [0.1, 0.15) is 6.04 Å². The average molecular weight is 201 g/mol. The zero-order valence-corrected chi connectivity index (χ0v) is 8.37. The molecule has 0 aromatic heterocycles. The maximum Gasteiger partial charge on any atom is 0.325 e. The average Bonchev–Trinajstić information content (AvgIpc) is 2.13. The maximum absolute atomic E-state index is 11.1. The minimum absolute atomic E-state index is 0.175. The first-order valence-corrected chi connectivity index (χ1v) is 4.55. The molecule has 0 aromatic carbocycles. The van der Waals surface area contributed by atoms with Crippen molar-refractivity contribution in [2.24, 2.45) is 0 Å². The van der Waals surface area contributed by atoms with E-state index in [1.807, 2.05) is 6.92 Å². The number of unbranched alkanes of at least 4 members (excludes halogenated alkanes) is 1. The van der Waals surface area contributed by atoms with Gasteiger partial charge in [0.25, 0.3) is 5.91 Å². The van der Waals surface area contributed by atoms with E-state index in [0.717, 1.165) is 6.42 Å². The molecule has 1 amide bonds. The van der Waals surface area contributed by atoms with Crippen LogP contribution < -0.4 is 5.32 Å². The number of carboxylic acids is 1. The van der Waals surface area contributed by atoms with Gasteiger partial charge in [0.05, 0.1) is 0 Å². The van der Waals surface area contributed by atoms with Crippen LogP contribution in [-0.2, 0) is 14.4 Å². The summed E-state index contributed by atoms with van der Waals surface area (Å²) in [5.74, 6) is -2.52. The van der Waals surface area contributed by atoms with Gasteiger partial charge in [-0.1, -0.05) is 13.3 Å². The van der Waals surface area contributed by atoms with Crippen LogP contribution in [0.5, 0.6) is 0 Å². The summed E-state index contributed by atoms with van der Waals surface area (Å²) in [5.41, 5.74) is 0. The molecule has 5 heteroatoms. The first-order valence-electron chi connectivity index (χ1n) is 4.55. The minimum Gasteiger partial charge on any atom is -0.480 e. The van der Waals surface area contributed by atoms with E-state index in [9.17, 15) is 14.4 Å². The molecule has 0 aliphatic carbocycles. The molecule has 0 aliphatic rings. The summed E-state index contributed by atoms with van der Waals surface area (Å²) in [6.07, 6.45) is 1.65. The van der Waals surface area contributed by atoms with Crippen molar-refractivity contribution in [1.82, 2.24) is 5.32 Å². The predicted molar refractivity (Wildman–Crippen MR) is 49.8 cm³/mol. The molecule has 0 aromatic rings. The van der Waals surface area contributed by atoms with Crippen LogP contribution in [0.15, 0.2) is 0 Å². The fourth-order valence-electron chi connectivity index (χ4n) is 0.790. The number of ketones is 1. The second kappa shape index (κ2) is 6.12. The molecule has 5 nitrogen and oxygen atoms in total. The standard InChI is InChI=1S/C9H15NO4/c1-3-4-5-7(11)8(12)10-6(2)9(13)14/h6H,3-5H2,1-2H3,(H,10,12)(H,13,14)/t6-/m0/s1. The first-order chi connectivity index (χ1) is 6.49. The number of hydrogen-bond donors (Lipinski definition) is 2. The Hall–Kier alpha value is -1.39. The van der Waals surface area contributed by atoms with E-state index < -0.39 is 23.7 Å². The molecule has 0 unspecified atom stereocenters. The Bertz CT molecular complexity index is 237. The highest BCUT2D eigenvalue weighted by atomic mass is 16.4. The van der Waals surface area contributed by atoms with Crippen LogP contribution in [0.25, 0.3) is 0 Å². The molecule has 0 rings (SSSR count). The van der Waals surface area contributed by atoms with Gasteiger partial charge in [-0.15, -0.1) is 0 Å². The quantitative estimate of drug-likeness (QED) is 0.607. The molecule has 0 aliphatic heterocycles. The molecule has 0 spiro atoms. The summed E-state index contributed by atoms with van der Waals surface area (Å²) in [4.78, 5) is 32.4. The summed E-state index contributed by atoms with van der Waals surface area (Å²) < 4.78 is 0. The number of carbonyl (C=O) groups excluding carboxylic acids is 2. The molecule has 0 radical (unpaired) electrons. The lowest BCUT2D eigenvalue weighted by Gasteiger charge is -2.07. The fourth-order valence-corrected chi connectivity index (χ4v) is 0.790. The van der Waals surface area contributed by atoms with Crippen molar-refractivity contribution in [3.05, 3.63) is 0 Å². The number of carbonyl (C=O) groups is 3. The van der Waals surface area contributed by atoms with Crippen molar-refractivity contribution in [3.63, 3.8) is 0 Å². The second-order valence-corrected chi connectivity index (χ2v) is 3.06. The lowest BCUT2D eigenvalue weighted by molar-refractivity contribution is -0.143. The van der Waals surface area contributed by atoms with E-state index in [0.29, 0.717) is 6.42 Å². The molecule has 14 heavy (non-hydrogen) atoms. The van der Waals surface area contributed by atoms with Gasteiger partial charge in [0.15, 0.2) is 0 Å². The van der Waals surface area contributed by atoms with E-state index in [2.05, 4.69) is 5.32 Å². The third-order valence-corrected chi connectivity index (χ3v) is 1.73. The Morgan fingerprint density at radius 1 is 1.36 bits per heavy atom. The molecular weight excluding hydrogens is 186 g/mol. The monoisotopic (exact) mass is 201 g/mol. The molecule has 0 heterocycles. The Morgan fingerprint density at radius 3 is 2.36 bits per heavy atom. The van der Waals surface area contributed by atoms with E-state index in [-0.39, 0.29) is 6.42 Å². The smallest absolute Gasteiger partial charge is 0.325 e. The second-order valence-electron chi connectivity index (χ2n) is 3.06. The largest absolute Gasteiger partial charge is 0.480 e. The van der Waals surface area contributed by atoms with Crippen molar-refractivity contribution in [3.8, 4) is 0 Å². The van der Waals surface area contributed by atoms with E-state index in [1.165, 1.54) is 6.92 Å². The van der Waals surface area contributed by atoms with Gasteiger partial charge < -0.3 is 10.4 Å². The number of nitrogens with one attached hydrogen (secondary N) is 1. The van der Waals surface area contributed by atoms with Gasteiger partial charge in [-0.25, -0.2) is 0 Å². The molecule has 0 saturated carbocycles. The van der Waals surface area contributed by atoms with Crippen LogP contribution in [0, 0.1) is 0 Å². The third-order valence-electron chi connectivity index (χ3n) is 1.73. The number of Topliss-reactive ketones (excluding diaryl/α,β-unsaturated/α-hetero) is 1. The van der Waals surface area contributed by atoms with Crippen LogP contribution >= 0.6 is 0 Å². The fraction of sp³-hybridized carbons (Fsp3) is 0.667. The minimum atomic E-state index is -1.15. The number of aliphatic carboxylic acids is 1. The Labute approximate surface area is 82.5 Å². The number of rotatable bonds is 6. The van der Waals surface area contributed by atoms with Gasteiger partial charge in [0.2, 0.25) is 5.78 Å². The zero-order valence-electron chi connectivity index (χ0n) is 8.37. The molecular formula is C9H15NO4. The Morgan fingerprint density at radius 2 is 1.93 bits per heavy atom. The summed E-state index contributed by atoms with van der Waals surface area (Å²) in [6, 6.07) is -1.02.